The zero-order valence-corrected chi connectivity index (χ0v) is 23.0. The zero-order chi connectivity index (χ0) is 26.7. The number of aromatic nitrogens is 2. The van der Waals surface area contributed by atoms with Crippen molar-refractivity contribution in [2.24, 2.45) is 0 Å². The molecule has 0 unspecified atom stereocenters. The van der Waals surface area contributed by atoms with Crippen molar-refractivity contribution in [2.75, 3.05) is 31.6 Å². The molecule has 1 spiro atoms. The van der Waals surface area contributed by atoms with Crippen LogP contribution in [-0.2, 0) is 18.3 Å². The maximum absolute atomic E-state index is 13.7. The van der Waals surface area contributed by atoms with Crippen molar-refractivity contribution in [3.63, 3.8) is 0 Å². The Morgan fingerprint density at radius 2 is 1.62 bits per heavy atom. The quantitative estimate of drug-likeness (QED) is 0.326. The van der Waals surface area contributed by atoms with Crippen molar-refractivity contribution in [1.82, 2.24) is 15.1 Å². The highest BCUT2D eigenvalue weighted by Gasteiger charge is 2.42. The molecule has 1 amide bonds. The Morgan fingerprint density at radius 3 is 2.33 bits per heavy atom. The van der Waals surface area contributed by atoms with E-state index in [-0.39, 0.29) is 5.91 Å². The third kappa shape index (κ3) is 4.09. The number of rotatable bonds is 3. The topological polar surface area (TPSA) is 62.5 Å². The van der Waals surface area contributed by atoms with Gasteiger partial charge < -0.3 is 14.2 Å². The normalized spacial score (nSPS) is 18.0. The summed E-state index contributed by atoms with van der Waals surface area (Å²) in [5.74, 6) is 1.18. The van der Waals surface area contributed by atoms with Crippen LogP contribution < -0.4 is 4.90 Å². The van der Waals surface area contributed by atoms with Crippen LogP contribution >= 0.6 is 0 Å². The van der Waals surface area contributed by atoms with Gasteiger partial charge in [0.05, 0.1) is 0 Å². The van der Waals surface area contributed by atoms with E-state index in [0.29, 0.717) is 17.2 Å². The summed E-state index contributed by atoms with van der Waals surface area (Å²) in [6.07, 6.45) is 5.81. The Morgan fingerprint density at radius 1 is 0.846 bits per heavy atom. The number of carbonyl (C=O) groups excluding carboxylic acids is 1. The largest absolute Gasteiger partial charge is 0.421 e. The van der Waals surface area contributed by atoms with Crippen molar-refractivity contribution in [3.05, 3.63) is 88.3 Å². The fourth-order valence-corrected chi connectivity index (χ4v) is 6.96. The lowest BCUT2D eigenvalue weighted by molar-refractivity contribution is 0.0989. The second-order valence-corrected chi connectivity index (χ2v) is 11.7. The molecule has 4 aromatic rings. The molecule has 0 saturated carbocycles. The predicted molar refractivity (Wildman–Crippen MR) is 153 cm³/mol. The number of aryl methyl sites for hydroxylation is 3. The maximum atomic E-state index is 13.7. The molecule has 7 rings (SSSR count). The number of amides is 1. The van der Waals surface area contributed by atoms with Gasteiger partial charge in [0.15, 0.2) is 0 Å². The summed E-state index contributed by atoms with van der Waals surface area (Å²) in [5.41, 5.74) is 10.8. The average Bonchev–Trinajstić information content (AvgIpc) is 3.66. The van der Waals surface area contributed by atoms with E-state index in [9.17, 15) is 4.79 Å². The molecule has 0 N–H and O–H groups in total. The van der Waals surface area contributed by atoms with Gasteiger partial charge in [-0.2, -0.15) is 0 Å². The number of anilines is 1. The first-order valence-corrected chi connectivity index (χ1v) is 14.1. The Hall–Kier alpha value is -3.77. The number of hydrogen-bond donors (Lipinski definition) is 0. The molecular weight excluding hydrogens is 484 g/mol. The number of benzene rings is 3. The van der Waals surface area contributed by atoms with Gasteiger partial charge in [-0.15, -0.1) is 10.2 Å². The van der Waals surface area contributed by atoms with Gasteiger partial charge in [0.1, 0.15) is 0 Å². The first-order valence-electron chi connectivity index (χ1n) is 14.1. The minimum Gasteiger partial charge on any atom is -0.421 e. The number of nitrogens with zero attached hydrogens (tertiary/aromatic N) is 4. The first-order chi connectivity index (χ1) is 18.9. The molecule has 0 bridgehead atoms. The van der Waals surface area contributed by atoms with Crippen LogP contribution in [0.15, 0.2) is 59.0 Å². The highest BCUT2D eigenvalue weighted by atomic mass is 16.4. The highest BCUT2D eigenvalue weighted by Crippen LogP contribution is 2.49. The van der Waals surface area contributed by atoms with Crippen LogP contribution in [0.3, 0.4) is 0 Å². The molecule has 1 fully saturated rings. The van der Waals surface area contributed by atoms with Crippen LogP contribution in [0.25, 0.3) is 22.6 Å². The molecule has 6 heteroatoms. The average molecular weight is 519 g/mol. The van der Waals surface area contributed by atoms with Gasteiger partial charge in [0, 0.05) is 30.3 Å². The molecular formula is C33H34N4O2. The Labute approximate surface area is 229 Å². The van der Waals surface area contributed by atoms with E-state index in [1.165, 1.54) is 42.4 Å². The molecule has 1 saturated heterocycles. The lowest BCUT2D eigenvalue weighted by atomic mass is 9.73. The first kappa shape index (κ1) is 24.3. The van der Waals surface area contributed by atoms with Crippen LogP contribution in [0.1, 0.15) is 57.8 Å². The number of fused-ring (bicyclic) bond motifs is 3. The van der Waals surface area contributed by atoms with Gasteiger partial charge in [0.25, 0.3) is 5.91 Å². The van der Waals surface area contributed by atoms with Gasteiger partial charge in [0.2, 0.25) is 11.8 Å². The Bertz CT molecular complexity index is 1580. The second kappa shape index (κ2) is 9.16. The fraction of sp³-hybridized carbons (Fsp3) is 0.364. The van der Waals surface area contributed by atoms with Gasteiger partial charge >= 0.3 is 0 Å². The van der Waals surface area contributed by atoms with Gasteiger partial charge in [-0.05, 0) is 128 Å². The van der Waals surface area contributed by atoms with Crippen LogP contribution in [0, 0.1) is 13.8 Å². The molecule has 198 valence electrons. The molecule has 3 aromatic carbocycles. The monoisotopic (exact) mass is 518 g/mol. The zero-order valence-electron chi connectivity index (χ0n) is 23.0. The van der Waals surface area contributed by atoms with E-state index in [4.69, 9.17) is 4.42 Å². The summed E-state index contributed by atoms with van der Waals surface area (Å²) in [7, 11) is 2.23. The maximum Gasteiger partial charge on any atom is 0.258 e. The lowest BCUT2D eigenvalue weighted by Gasteiger charge is -2.39. The molecule has 3 heterocycles. The number of hydrogen-bond acceptors (Lipinski definition) is 5. The van der Waals surface area contributed by atoms with Crippen molar-refractivity contribution in [1.29, 1.82) is 0 Å². The van der Waals surface area contributed by atoms with E-state index in [1.807, 2.05) is 23.1 Å². The molecule has 2 aliphatic heterocycles. The summed E-state index contributed by atoms with van der Waals surface area (Å²) in [6.45, 7) is 6.94. The summed E-state index contributed by atoms with van der Waals surface area (Å²) < 4.78 is 5.58. The minimum atomic E-state index is 0.0921. The molecule has 1 aromatic heterocycles. The van der Waals surface area contributed by atoms with Crippen LogP contribution in [0.4, 0.5) is 5.69 Å². The molecule has 39 heavy (non-hydrogen) atoms. The fourth-order valence-electron chi connectivity index (χ4n) is 6.96. The minimum absolute atomic E-state index is 0.0921. The van der Waals surface area contributed by atoms with E-state index in [0.717, 1.165) is 59.6 Å². The SMILES string of the molecule is Cc1nnc(-c2ccc(-c3ccc(C(=O)N4CCc5cc6c(cc54)C4(CC6)CCN(C)CC4)cc3)c(C)c2)o1. The summed E-state index contributed by atoms with van der Waals surface area (Å²) in [4.78, 5) is 18.2. The van der Waals surface area contributed by atoms with Gasteiger partial charge in [-0.3, -0.25) is 4.79 Å². The predicted octanol–water partition coefficient (Wildman–Crippen LogP) is 6.13. The van der Waals surface area contributed by atoms with E-state index in [1.54, 1.807) is 6.92 Å². The Balaban J connectivity index is 1.13. The third-order valence-corrected chi connectivity index (χ3v) is 9.28. The molecule has 6 nitrogen and oxygen atoms in total. The standard InChI is InChI=1S/C33H34N4O2/c1-21-18-27(31-35-34-22(2)39-31)8-9-28(21)23-4-6-24(7-5-23)32(38)37-15-11-26-19-25-10-12-33(29(25)20-30(26)37)13-16-36(3)17-14-33/h4-9,18-20H,10-17H2,1-3H3. The van der Waals surface area contributed by atoms with Gasteiger partial charge in [-0.25, -0.2) is 0 Å². The van der Waals surface area contributed by atoms with E-state index < -0.39 is 0 Å². The van der Waals surface area contributed by atoms with Crippen LogP contribution in [0.2, 0.25) is 0 Å². The molecule has 0 atom stereocenters. The van der Waals surface area contributed by atoms with Crippen LogP contribution in [-0.4, -0.2) is 47.7 Å². The van der Waals surface area contributed by atoms with Crippen molar-refractivity contribution in [3.8, 4) is 22.6 Å². The number of carbonyl (C=O) groups is 1. The van der Waals surface area contributed by atoms with Crippen molar-refractivity contribution in [2.45, 2.75) is 51.4 Å². The highest BCUT2D eigenvalue weighted by molar-refractivity contribution is 6.07. The van der Waals surface area contributed by atoms with Crippen molar-refractivity contribution < 1.29 is 9.21 Å². The third-order valence-electron chi connectivity index (χ3n) is 9.28. The molecule has 0 radical (unpaired) electrons. The van der Waals surface area contributed by atoms with E-state index >= 15 is 0 Å². The molecule has 3 aliphatic rings. The smallest absolute Gasteiger partial charge is 0.258 e. The summed E-state index contributed by atoms with van der Waals surface area (Å²) in [5, 5.41) is 8.06. The van der Waals surface area contributed by atoms with Gasteiger partial charge in [-0.1, -0.05) is 24.3 Å². The van der Waals surface area contributed by atoms with Crippen molar-refractivity contribution >= 4 is 11.6 Å². The second-order valence-electron chi connectivity index (χ2n) is 11.7. The Kier molecular flexibility index (Phi) is 5.70. The number of piperidine rings is 1. The summed E-state index contributed by atoms with van der Waals surface area (Å²) in [6, 6.07) is 19.0. The number of likely N-dealkylation sites (tertiary alicyclic amines) is 1. The summed E-state index contributed by atoms with van der Waals surface area (Å²) >= 11 is 0. The molecule has 1 aliphatic carbocycles. The lowest BCUT2D eigenvalue weighted by Crippen LogP contribution is -2.39. The van der Waals surface area contributed by atoms with E-state index in [2.05, 4.69) is 65.5 Å². The van der Waals surface area contributed by atoms with Crippen LogP contribution in [0.5, 0.6) is 0 Å².